The molecule has 0 N–H and O–H groups in total. The van der Waals surface area contributed by atoms with Crippen LogP contribution in [0, 0.1) is 0 Å². The Morgan fingerprint density at radius 1 is 1.12 bits per heavy atom. The fraction of sp³-hybridized carbons (Fsp3) is 0.545. The van der Waals surface area contributed by atoms with Gasteiger partial charge in [0.15, 0.2) is 0 Å². The zero-order valence-corrected chi connectivity index (χ0v) is 13.1. The van der Waals surface area contributed by atoms with Gasteiger partial charge in [0.2, 0.25) is 0 Å². The molecule has 0 spiro atoms. The number of esters is 2. The molecule has 4 nitrogen and oxygen atoms in total. The molecule has 0 atom stereocenters. The summed E-state index contributed by atoms with van der Waals surface area (Å²) in [7, 11) is 3.45. The molecule has 94 valence electrons. The van der Waals surface area contributed by atoms with Crippen LogP contribution in [0.2, 0.25) is 0 Å². The third kappa shape index (κ3) is 3.18. The minimum absolute atomic E-state index is 0.0173. The van der Waals surface area contributed by atoms with Gasteiger partial charge in [-0.2, -0.15) is 0 Å². The van der Waals surface area contributed by atoms with Crippen LogP contribution < -0.4 is 0 Å². The average Bonchev–Trinajstić information content (AvgIpc) is 2.71. The summed E-state index contributed by atoms with van der Waals surface area (Å²) in [5, 5.41) is 0.435. The summed E-state index contributed by atoms with van der Waals surface area (Å²) in [5.41, 5.74) is -0.0173. The van der Waals surface area contributed by atoms with Crippen molar-refractivity contribution in [2.24, 2.45) is 0 Å². The third-order valence-corrected chi connectivity index (χ3v) is 7.81. The van der Waals surface area contributed by atoms with Crippen LogP contribution in [0.25, 0.3) is 0 Å². The number of hydrogen-bond acceptors (Lipinski definition) is 4. The first-order valence-corrected chi connectivity index (χ1v) is 7.60. The van der Waals surface area contributed by atoms with E-state index in [1.54, 1.807) is 0 Å². The molecule has 0 unspecified atom stereocenters. The SMILES string of the molecule is COC(=O)c1pc(C(C)(C)C)[se]c1C(=O)OC. The minimum atomic E-state index is -0.437. The standard InChI is InChI=1S/C11H15O4PSe/c1-11(2,3)10-16-6(8(12)14-4)7(17-10)9(13)15-5/h1-5H3. The first kappa shape index (κ1) is 14.4. The molecule has 0 fully saturated rings. The van der Waals surface area contributed by atoms with Gasteiger partial charge in [0.1, 0.15) is 0 Å². The zero-order valence-electron chi connectivity index (χ0n) is 10.5. The fourth-order valence-corrected chi connectivity index (χ4v) is 5.70. The van der Waals surface area contributed by atoms with Gasteiger partial charge in [-0.05, 0) is 0 Å². The summed E-state index contributed by atoms with van der Waals surface area (Å²) >= 11 is -0.129. The van der Waals surface area contributed by atoms with Crippen LogP contribution in [-0.2, 0) is 14.9 Å². The topological polar surface area (TPSA) is 52.6 Å². The van der Waals surface area contributed by atoms with E-state index in [0.717, 1.165) is 8.19 Å². The summed E-state index contributed by atoms with van der Waals surface area (Å²) < 4.78 is 11.1. The number of methoxy groups -OCH3 is 2. The van der Waals surface area contributed by atoms with Gasteiger partial charge < -0.3 is 0 Å². The first-order chi connectivity index (χ1) is 7.81. The summed E-state index contributed by atoms with van der Waals surface area (Å²) in [6, 6.07) is 0. The van der Waals surface area contributed by atoms with E-state index in [4.69, 9.17) is 9.47 Å². The van der Waals surface area contributed by atoms with Gasteiger partial charge in [-0.15, -0.1) is 0 Å². The van der Waals surface area contributed by atoms with Crippen molar-refractivity contribution in [3.8, 4) is 0 Å². The van der Waals surface area contributed by atoms with Crippen molar-refractivity contribution in [3.63, 3.8) is 0 Å². The molecule has 0 saturated heterocycles. The number of carbonyl (C=O) groups is 2. The van der Waals surface area contributed by atoms with Crippen molar-refractivity contribution < 1.29 is 19.1 Å². The maximum atomic E-state index is 11.6. The molecular formula is C11H15O4PSe. The fourth-order valence-electron chi connectivity index (χ4n) is 1.11. The first-order valence-electron chi connectivity index (χ1n) is 4.99. The number of ether oxygens (including phenoxy) is 2. The van der Waals surface area contributed by atoms with E-state index in [2.05, 4.69) is 20.8 Å². The van der Waals surface area contributed by atoms with Gasteiger partial charge in [-0.25, -0.2) is 0 Å². The second-order valence-corrected chi connectivity index (χ2v) is 8.37. The van der Waals surface area contributed by atoms with Crippen molar-refractivity contribution in [3.05, 3.63) is 13.9 Å². The van der Waals surface area contributed by atoms with Crippen LogP contribution in [0.15, 0.2) is 0 Å². The van der Waals surface area contributed by atoms with E-state index < -0.39 is 11.9 Å². The molecular weight excluding hydrogens is 306 g/mol. The van der Waals surface area contributed by atoms with Crippen LogP contribution in [0.1, 0.15) is 44.3 Å². The Hall–Kier alpha value is -0.631. The number of carbonyl (C=O) groups excluding carboxylic acids is 2. The van der Waals surface area contributed by atoms with Gasteiger partial charge in [0.05, 0.1) is 0 Å². The molecule has 0 bridgehead atoms. The van der Waals surface area contributed by atoms with Gasteiger partial charge >= 0.3 is 108 Å². The van der Waals surface area contributed by atoms with Crippen molar-refractivity contribution in [1.82, 2.24) is 0 Å². The molecule has 1 aromatic heterocycles. The van der Waals surface area contributed by atoms with E-state index in [9.17, 15) is 9.59 Å². The van der Waals surface area contributed by atoms with Crippen LogP contribution in [0.4, 0.5) is 0 Å². The van der Waals surface area contributed by atoms with E-state index in [-0.39, 0.29) is 19.9 Å². The van der Waals surface area contributed by atoms with Crippen molar-refractivity contribution in [2.45, 2.75) is 26.2 Å². The van der Waals surface area contributed by atoms with Crippen LogP contribution >= 0.6 is 8.19 Å². The van der Waals surface area contributed by atoms with Crippen LogP contribution in [0.5, 0.6) is 0 Å². The molecule has 0 saturated carbocycles. The summed E-state index contributed by atoms with van der Waals surface area (Å²) in [6.07, 6.45) is 0. The van der Waals surface area contributed by atoms with Crippen molar-refractivity contribution in [1.29, 1.82) is 0 Å². The van der Waals surface area contributed by atoms with E-state index in [1.165, 1.54) is 18.4 Å². The molecule has 17 heavy (non-hydrogen) atoms. The third-order valence-electron chi connectivity index (χ3n) is 2.02. The second kappa shape index (κ2) is 5.34. The Labute approximate surface area is 108 Å². The van der Waals surface area contributed by atoms with E-state index in [1.807, 2.05) is 0 Å². The van der Waals surface area contributed by atoms with E-state index in [0.29, 0.717) is 9.73 Å². The Morgan fingerprint density at radius 2 is 1.65 bits per heavy atom. The molecule has 0 amide bonds. The van der Waals surface area contributed by atoms with Crippen molar-refractivity contribution in [2.75, 3.05) is 14.2 Å². The normalized spacial score (nSPS) is 11.6. The molecule has 0 radical (unpaired) electrons. The van der Waals surface area contributed by atoms with Gasteiger partial charge in [0, 0.05) is 0 Å². The van der Waals surface area contributed by atoms with Crippen LogP contribution in [0.3, 0.4) is 0 Å². The zero-order chi connectivity index (χ0) is 13.2. The maximum absolute atomic E-state index is 11.6. The summed E-state index contributed by atoms with van der Waals surface area (Å²) in [6.45, 7) is 6.23. The molecule has 0 aliphatic heterocycles. The molecule has 1 heterocycles. The Morgan fingerprint density at radius 3 is 2.06 bits per heavy atom. The molecule has 0 aliphatic carbocycles. The average molecular weight is 321 g/mol. The molecule has 1 rings (SSSR count). The molecule has 0 aliphatic rings. The predicted octanol–water partition coefficient (Wildman–Crippen LogP) is 2.19. The quantitative estimate of drug-likeness (QED) is 0.619. The van der Waals surface area contributed by atoms with Gasteiger partial charge in [-0.1, -0.05) is 0 Å². The Bertz CT molecular complexity index is 411. The Kier molecular flexibility index (Phi) is 4.54. The second-order valence-electron chi connectivity index (χ2n) is 4.43. The van der Waals surface area contributed by atoms with E-state index >= 15 is 0 Å². The summed E-state index contributed by atoms with van der Waals surface area (Å²) in [4.78, 5) is 23.2. The van der Waals surface area contributed by atoms with Gasteiger partial charge in [0.25, 0.3) is 0 Å². The summed E-state index contributed by atoms with van der Waals surface area (Å²) in [5.74, 6) is -0.856. The molecule has 0 aromatic carbocycles. The Balaban J connectivity index is 3.31. The van der Waals surface area contributed by atoms with Gasteiger partial charge in [-0.3, -0.25) is 0 Å². The molecule has 1 aromatic rings. The number of rotatable bonds is 2. The molecule has 6 heteroatoms. The number of hydrogen-bond donors (Lipinski definition) is 0. The van der Waals surface area contributed by atoms with Crippen molar-refractivity contribution >= 4 is 34.6 Å². The predicted molar refractivity (Wildman–Crippen MR) is 67.3 cm³/mol. The monoisotopic (exact) mass is 322 g/mol. The van der Waals surface area contributed by atoms with Crippen LogP contribution in [-0.4, -0.2) is 40.7 Å².